The minimum absolute atomic E-state index is 0.122. The molecule has 2 rings (SSSR count). The lowest BCUT2D eigenvalue weighted by atomic mass is 10.1. The van der Waals surface area contributed by atoms with E-state index in [-0.39, 0.29) is 10.6 Å². The summed E-state index contributed by atoms with van der Waals surface area (Å²) in [5.41, 5.74) is -1.39. The summed E-state index contributed by atoms with van der Waals surface area (Å²) in [5.74, 6) is -1.12. The van der Waals surface area contributed by atoms with Crippen molar-refractivity contribution in [2.24, 2.45) is 0 Å². The number of hydrogen-bond donors (Lipinski definition) is 1. The number of rotatable bonds is 7. The number of nitrogens with one attached hydrogen (secondary N) is 1. The van der Waals surface area contributed by atoms with E-state index in [0.29, 0.717) is 18.4 Å². The largest absolute Gasteiger partial charge is 0.494 e. The molecule has 0 saturated carbocycles. The summed E-state index contributed by atoms with van der Waals surface area (Å²) in [7, 11) is 0. The van der Waals surface area contributed by atoms with Gasteiger partial charge in [-0.1, -0.05) is 18.5 Å². The molecule has 0 unspecified atom stereocenters. The quantitative estimate of drug-likeness (QED) is 0.650. The molecule has 0 aromatic heterocycles. The molecule has 9 heteroatoms. The van der Waals surface area contributed by atoms with E-state index in [4.69, 9.17) is 21.1 Å². The van der Waals surface area contributed by atoms with Crippen LogP contribution in [0.5, 0.6) is 5.75 Å². The van der Waals surface area contributed by atoms with Gasteiger partial charge in [-0.25, -0.2) is 4.79 Å². The third kappa shape index (κ3) is 6.16. The van der Waals surface area contributed by atoms with E-state index in [1.165, 1.54) is 18.2 Å². The predicted molar refractivity (Wildman–Crippen MR) is 97.6 cm³/mol. The molecule has 5 nitrogen and oxygen atoms in total. The minimum Gasteiger partial charge on any atom is -0.494 e. The van der Waals surface area contributed by atoms with Gasteiger partial charge in [-0.3, -0.25) is 4.79 Å². The first kappa shape index (κ1) is 21.6. The summed E-state index contributed by atoms with van der Waals surface area (Å²) in [6, 6.07) is 9.02. The van der Waals surface area contributed by atoms with Gasteiger partial charge < -0.3 is 14.8 Å². The van der Waals surface area contributed by atoms with Crippen molar-refractivity contribution >= 4 is 29.2 Å². The van der Waals surface area contributed by atoms with Gasteiger partial charge in [0.2, 0.25) is 0 Å². The Kier molecular flexibility index (Phi) is 7.28. The zero-order valence-corrected chi connectivity index (χ0v) is 15.6. The Balaban J connectivity index is 1.95. The van der Waals surface area contributed by atoms with Crippen LogP contribution in [-0.2, 0) is 15.7 Å². The normalized spacial score (nSPS) is 11.0. The summed E-state index contributed by atoms with van der Waals surface area (Å²) in [4.78, 5) is 23.8. The lowest BCUT2D eigenvalue weighted by Gasteiger charge is -2.14. The van der Waals surface area contributed by atoms with Crippen LogP contribution < -0.4 is 10.1 Å². The number of anilines is 1. The average Bonchev–Trinajstić information content (AvgIpc) is 2.65. The molecule has 0 aliphatic heterocycles. The zero-order valence-electron chi connectivity index (χ0n) is 14.8. The third-order valence-electron chi connectivity index (χ3n) is 3.46. The Morgan fingerprint density at radius 2 is 1.79 bits per heavy atom. The van der Waals surface area contributed by atoms with Gasteiger partial charge in [0.25, 0.3) is 5.91 Å². The van der Waals surface area contributed by atoms with E-state index in [0.717, 1.165) is 12.5 Å². The number of halogens is 4. The highest BCUT2D eigenvalue weighted by Crippen LogP contribution is 2.36. The smallest absolute Gasteiger partial charge is 0.418 e. The topological polar surface area (TPSA) is 64.6 Å². The Morgan fingerprint density at radius 3 is 2.39 bits per heavy atom. The number of amides is 1. The van der Waals surface area contributed by atoms with Gasteiger partial charge in [-0.15, -0.1) is 0 Å². The summed E-state index contributed by atoms with van der Waals surface area (Å²) >= 11 is 5.58. The average molecular weight is 416 g/mol. The number of hydrogen-bond acceptors (Lipinski definition) is 4. The summed E-state index contributed by atoms with van der Waals surface area (Å²) in [6.07, 6.45) is -3.87. The maximum absolute atomic E-state index is 13.0. The highest BCUT2D eigenvalue weighted by molar-refractivity contribution is 6.30. The second-order valence-electron chi connectivity index (χ2n) is 5.68. The Hall–Kier alpha value is -2.74. The van der Waals surface area contributed by atoms with Crippen molar-refractivity contribution < 1.29 is 32.2 Å². The molecule has 0 aliphatic carbocycles. The lowest BCUT2D eigenvalue weighted by Crippen LogP contribution is -2.22. The van der Waals surface area contributed by atoms with Crippen molar-refractivity contribution in [3.63, 3.8) is 0 Å². The van der Waals surface area contributed by atoms with Gasteiger partial charge >= 0.3 is 12.1 Å². The number of benzene rings is 2. The molecule has 0 atom stereocenters. The Labute approximate surface area is 164 Å². The van der Waals surface area contributed by atoms with E-state index in [2.05, 4.69) is 5.32 Å². The molecular formula is C19H17ClF3NO4. The molecule has 0 heterocycles. The molecule has 0 saturated heterocycles. The molecule has 2 aromatic rings. The molecule has 0 aliphatic rings. The van der Waals surface area contributed by atoms with Crippen LogP contribution in [0.15, 0.2) is 42.5 Å². The van der Waals surface area contributed by atoms with Gasteiger partial charge in [0, 0.05) is 5.02 Å². The summed E-state index contributed by atoms with van der Waals surface area (Å²) in [6.45, 7) is 1.75. The summed E-state index contributed by atoms with van der Waals surface area (Å²) in [5, 5.41) is 1.95. The minimum atomic E-state index is -4.70. The van der Waals surface area contributed by atoms with Crippen molar-refractivity contribution in [2.45, 2.75) is 19.5 Å². The van der Waals surface area contributed by atoms with Gasteiger partial charge in [-0.2, -0.15) is 13.2 Å². The number of carbonyl (C=O) groups excluding carboxylic acids is 2. The van der Waals surface area contributed by atoms with Crippen LogP contribution in [0.1, 0.15) is 29.3 Å². The molecule has 0 radical (unpaired) electrons. The standard InChI is InChI=1S/C19H17ClF3NO4/c1-2-9-27-14-6-3-12(4-7-14)18(26)28-11-17(25)24-16-8-5-13(20)10-15(16)19(21,22)23/h3-8,10H,2,9,11H2,1H3,(H,24,25). The highest BCUT2D eigenvalue weighted by Gasteiger charge is 2.34. The first-order chi connectivity index (χ1) is 13.2. The van der Waals surface area contributed by atoms with Gasteiger partial charge in [0.15, 0.2) is 6.61 Å². The maximum Gasteiger partial charge on any atom is 0.418 e. The van der Waals surface area contributed by atoms with Crippen molar-refractivity contribution in [1.82, 2.24) is 0 Å². The first-order valence-corrected chi connectivity index (χ1v) is 8.65. The number of esters is 1. The van der Waals surface area contributed by atoms with E-state index < -0.39 is 35.9 Å². The van der Waals surface area contributed by atoms with Crippen molar-refractivity contribution in [3.05, 3.63) is 58.6 Å². The third-order valence-corrected chi connectivity index (χ3v) is 3.69. The van der Waals surface area contributed by atoms with E-state index >= 15 is 0 Å². The van der Waals surface area contributed by atoms with Gasteiger partial charge in [0.1, 0.15) is 5.75 Å². The molecule has 1 N–H and O–H groups in total. The van der Waals surface area contributed by atoms with Crippen molar-refractivity contribution in [1.29, 1.82) is 0 Å². The fourth-order valence-electron chi connectivity index (χ4n) is 2.17. The Bertz CT molecular complexity index is 838. The fourth-order valence-corrected chi connectivity index (χ4v) is 2.34. The van der Waals surface area contributed by atoms with E-state index in [9.17, 15) is 22.8 Å². The number of carbonyl (C=O) groups is 2. The van der Waals surface area contributed by atoms with Crippen molar-refractivity contribution in [3.8, 4) is 5.75 Å². The monoisotopic (exact) mass is 415 g/mol. The molecular weight excluding hydrogens is 399 g/mol. The molecule has 0 bridgehead atoms. The van der Waals surface area contributed by atoms with Gasteiger partial charge in [-0.05, 0) is 48.9 Å². The number of ether oxygens (including phenoxy) is 2. The molecule has 150 valence electrons. The second-order valence-corrected chi connectivity index (χ2v) is 6.12. The van der Waals surface area contributed by atoms with Crippen LogP contribution in [0.2, 0.25) is 5.02 Å². The van der Waals surface area contributed by atoms with Crippen LogP contribution in [-0.4, -0.2) is 25.1 Å². The molecule has 28 heavy (non-hydrogen) atoms. The second kappa shape index (κ2) is 9.45. The highest BCUT2D eigenvalue weighted by atomic mass is 35.5. The van der Waals surface area contributed by atoms with Gasteiger partial charge in [0.05, 0.1) is 23.4 Å². The van der Waals surface area contributed by atoms with Crippen LogP contribution in [0.25, 0.3) is 0 Å². The fraction of sp³-hybridized carbons (Fsp3) is 0.263. The van der Waals surface area contributed by atoms with E-state index in [1.54, 1.807) is 12.1 Å². The maximum atomic E-state index is 13.0. The summed E-state index contributed by atoms with van der Waals surface area (Å²) < 4.78 is 49.3. The lowest BCUT2D eigenvalue weighted by molar-refractivity contribution is -0.137. The van der Waals surface area contributed by atoms with Crippen LogP contribution >= 0.6 is 11.6 Å². The zero-order chi connectivity index (χ0) is 20.7. The predicted octanol–water partition coefficient (Wildman–Crippen LogP) is 4.94. The Morgan fingerprint density at radius 1 is 1.11 bits per heavy atom. The number of alkyl halides is 3. The van der Waals surface area contributed by atoms with Crippen LogP contribution in [0.3, 0.4) is 0 Å². The van der Waals surface area contributed by atoms with E-state index in [1.807, 2.05) is 6.92 Å². The molecule has 0 spiro atoms. The molecule has 1 amide bonds. The SMILES string of the molecule is CCCOc1ccc(C(=O)OCC(=O)Nc2ccc(Cl)cc2C(F)(F)F)cc1. The van der Waals surface area contributed by atoms with Crippen molar-refractivity contribution in [2.75, 3.05) is 18.5 Å². The first-order valence-electron chi connectivity index (χ1n) is 8.27. The van der Waals surface area contributed by atoms with Crippen LogP contribution in [0.4, 0.5) is 18.9 Å². The van der Waals surface area contributed by atoms with Crippen LogP contribution in [0, 0.1) is 0 Å². The molecule has 0 fully saturated rings. The molecule has 2 aromatic carbocycles.